The summed E-state index contributed by atoms with van der Waals surface area (Å²) >= 11 is 0. The van der Waals surface area contributed by atoms with E-state index in [2.05, 4.69) is 13.8 Å². The zero-order chi connectivity index (χ0) is 24.7. The Morgan fingerprint density at radius 1 is 1.03 bits per heavy atom. The average Bonchev–Trinajstić information content (AvgIpc) is 3.13. The van der Waals surface area contributed by atoms with Crippen LogP contribution in [-0.2, 0) is 0 Å². The number of nitrogens with zero attached hydrogens (tertiary/aromatic N) is 1. The molecule has 0 radical (unpaired) electrons. The number of halogens is 1. The number of hydrogen-bond donors (Lipinski definition) is 0. The van der Waals surface area contributed by atoms with Gasteiger partial charge in [-0.15, -0.1) is 0 Å². The van der Waals surface area contributed by atoms with Gasteiger partial charge in [0.2, 0.25) is 5.76 Å². The maximum Gasteiger partial charge on any atom is 0.295 e. The van der Waals surface area contributed by atoms with E-state index in [4.69, 9.17) is 9.15 Å². The van der Waals surface area contributed by atoms with E-state index in [1.165, 1.54) is 12.1 Å². The second-order valence-corrected chi connectivity index (χ2v) is 9.33. The van der Waals surface area contributed by atoms with Crippen molar-refractivity contribution in [3.63, 3.8) is 0 Å². The van der Waals surface area contributed by atoms with E-state index in [0.717, 1.165) is 18.1 Å². The van der Waals surface area contributed by atoms with Crippen molar-refractivity contribution in [3.05, 3.63) is 105 Å². The molecule has 1 aliphatic heterocycles. The normalized spacial score (nSPS) is 15.2. The molecular weight excluding hydrogens is 445 g/mol. The lowest BCUT2D eigenvalue weighted by atomic mass is 9.98. The van der Waals surface area contributed by atoms with E-state index in [0.29, 0.717) is 29.5 Å². The van der Waals surface area contributed by atoms with Crippen molar-refractivity contribution in [2.75, 3.05) is 11.5 Å². The van der Waals surface area contributed by atoms with Crippen LogP contribution in [0.5, 0.6) is 5.75 Å². The molecule has 0 aliphatic carbocycles. The van der Waals surface area contributed by atoms with E-state index >= 15 is 0 Å². The van der Waals surface area contributed by atoms with Crippen LogP contribution < -0.4 is 15.1 Å². The Morgan fingerprint density at radius 2 is 1.80 bits per heavy atom. The first-order valence-electron chi connectivity index (χ1n) is 11.7. The molecule has 0 spiro atoms. The number of carbonyl (C=O) groups is 1. The second-order valence-electron chi connectivity index (χ2n) is 9.33. The summed E-state index contributed by atoms with van der Waals surface area (Å²) < 4.78 is 25.9. The number of hydrogen-bond acceptors (Lipinski definition) is 4. The SMILES string of the molecule is Cc1ccc(N2C(=O)c3oc4ccc(F)cc4c(=O)c3C2c2cccc(OCCC(C)C)c2)cc1. The number of amides is 1. The van der Waals surface area contributed by atoms with Crippen LogP contribution in [-0.4, -0.2) is 12.5 Å². The van der Waals surface area contributed by atoms with Crippen LogP contribution >= 0.6 is 0 Å². The Labute approximate surface area is 202 Å². The Kier molecular flexibility index (Phi) is 5.89. The summed E-state index contributed by atoms with van der Waals surface area (Å²) in [4.78, 5) is 28.8. The molecule has 0 fully saturated rings. The number of ether oxygens (including phenoxy) is 1. The summed E-state index contributed by atoms with van der Waals surface area (Å²) in [6, 6.07) is 17.9. The molecule has 1 amide bonds. The maximum absolute atomic E-state index is 14.0. The Balaban J connectivity index is 1.68. The quantitative estimate of drug-likeness (QED) is 0.326. The minimum Gasteiger partial charge on any atom is -0.494 e. The lowest BCUT2D eigenvalue weighted by Crippen LogP contribution is -2.29. The molecule has 0 N–H and O–H groups in total. The van der Waals surface area contributed by atoms with Crippen molar-refractivity contribution < 1.29 is 18.3 Å². The molecule has 5 rings (SSSR count). The molecule has 0 bridgehead atoms. The number of rotatable bonds is 6. The van der Waals surface area contributed by atoms with Crippen molar-refractivity contribution in [2.24, 2.45) is 5.92 Å². The van der Waals surface area contributed by atoms with Crippen molar-refractivity contribution in [2.45, 2.75) is 33.2 Å². The van der Waals surface area contributed by atoms with Gasteiger partial charge in [-0.05, 0) is 67.3 Å². The van der Waals surface area contributed by atoms with Gasteiger partial charge in [0, 0.05) is 5.69 Å². The Bertz CT molecular complexity index is 1470. The largest absolute Gasteiger partial charge is 0.494 e. The van der Waals surface area contributed by atoms with E-state index in [1.54, 1.807) is 4.90 Å². The Hall–Kier alpha value is -3.93. The third-order valence-electron chi connectivity index (χ3n) is 6.28. The van der Waals surface area contributed by atoms with Gasteiger partial charge in [0.15, 0.2) is 5.43 Å². The zero-order valence-electron chi connectivity index (χ0n) is 19.9. The van der Waals surface area contributed by atoms with Crippen LogP contribution in [0.15, 0.2) is 75.9 Å². The molecule has 0 saturated carbocycles. The highest BCUT2D eigenvalue weighted by atomic mass is 19.1. The fraction of sp³-hybridized carbons (Fsp3) is 0.241. The minimum atomic E-state index is -0.738. The van der Waals surface area contributed by atoms with E-state index in [1.807, 2.05) is 55.5 Å². The van der Waals surface area contributed by atoms with Crippen molar-refractivity contribution in [1.82, 2.24) is 0 Å². The average molecular weight is 472 g/mol. The first-order valence-corrected chi connectivity index (χ1v) is 11.7. The number of anilines is 1. The van der Waals surface area contributed by atoms with Gasteiger partial charge in [-0.2, -0.15) is 0 Å². The first-order chi connectivity index (χ1) is 16.8. The van der Waals surface area contributed by atoms with Crippen LogP contribution in [0, 0.1) is 18.7 Å². The van der Waals surface area contributed by atoms with Crippen LogP contribution in [0.25, 0.3) is 11.0 Å². The maximum atomic E-state index is 14.0. The lowest BCUT2D eigenvalue weighted by Gasteiger charge is -2.25. The second kappa shape index (κ2) is 9.02. The first kappa shape index (κ1) is 22.8. The van der Waals surface area contributed by atoms with Gasteiger partial charge >= 0.3 is 0 Å². The van der Waals surface area contributed by atoms with Crippen molar-refractivity contribution in [1.29, 1.82) is 0 Å². The summed E-state index contributed by atoms with van der Waals surface area (Å²) in [7, 11) is 0. The van der Waals surface area contributed by atoms with Crippen LogP contribution in [0.3, 0.4) is 0 Å². The molecule has 0 saturated heterocycles. The smallest absolute Gasteiger partial charge is 0.295 e. The third-order valence-corrected chi connectivity index (χ3v) is 6.28. The van der Waals surface area contributed by atoms with Gasteiger partial charge < -0.3 is 9.15 Å². The molecule has 178 valence electrons. The zero-order valence-corrected chi connectivity index (χ0v) is 19.9. The molecule has 35 heavy (non-hydrogen) atoms. The standard InChI is InChI=1S/C29H26FNO4/c1-17(2)13-14-34-22-6-4-5-19(15-22)26-25-27(32)23-16-20(30)9-12-24(23)35-28(25)29(33)31(26)21-10-7-18(3)8-11-21/h4-12,15-17,26H,13-14H2,1-3H3. The van der Waals surface area contributed by atoms with Gasteiger partial charge in [-0.3, -0.25) is 14.5 Å². The van der Waals surface area contributed by atoms with E-state index in [9.17, 15) is 14.0 Å². The number of benzene rings is 3. The molecule has 5 nitrogen and oxygen atoms in total. The highest BCUT2D eigenvalue weighted by Gasteiger charge is 2.43. The van der Waals surface area contributed by atoms with E-state index in [-0.39, 0.29) is 22.3 Å². The predicted octanol–water partition coefficient (Wildman–Crippen LogP) is 6.42. The van der Waals surface area contributed by atoms with Crippen molar-refractivity contribution in [3.8, 4) is 5.75 Å². The molecule has 1 aromatic heterocycles. The number of carbonyl (C=O) groups excluding carboxylic acids is 1. The highest BCUT2D eigenvalue weighted by molar-refractivity contribution is 6.10. The number of aryl methyl sites for hydroxylation is 1. The molecular formula is C29H26FNO4. The molecule has 3 aromatic carbocycles. The van der Waals surface area contributed by atoms with Gasteiger partial charge in [-0.1, -0.05) is 43.7 Å². The molecule has 1 atom stereocenters. The van der Waals surface area contributed by atoms with Gasteiger partial charge in [0.05, 0.1) is 23.6 Å². The van der Waals surface area contributed by atoms with Gasteiger partial charge in [0.25, 0.3) is 5.91 Å². The molecule has 2 heterocycles. The molecule has 1 aliphatic rings. The fourth-order valence-corrected chi connectivity index (χ4v) is 4.42. The molecule has 4 aromatic rings. The lowest BCUT2D eigenvalue weighted by molar-refractivity contribution is 0.0971. The summed E-state index contributed by atoms with van der Waals surface area (Å²) in [6.45, 7) is 6.79. The third kappa shape index (κ3) is 4.20. The summed E-state index contributed by atoms with van der Waals surface area (Å²) in [6.07, 6.45) is 0.908. The van der Waals surface area contributed by atoms with Crippen LogP contribution in [0.4, 0.5) is 10.1 Å². The number of fused-ring (bicyclic) bond motifs is 2. The highest BCUT2D eigenvalue weighted by Crippen LogP contribution is 2.42. The van der Waals surface area contributed by atoms with Gasteiger partial charge in [-0.25, -0.2) is 4.39 Å². The van der Waals surface area contributed by atoms with Crippen LogP contribution in [0.2, 0.25) is 0 Å². The molecule has 6 heteroatoms. The topological polar surface area (TPSA) is 59.8 Å². The summed E-state index contributed by atoms with van der Waals surface area (Å²) in [5.41, 5.74) is 2.36. The summed E-state index contributed by atoms with van der Waals surface area (Å²) in [5.74, 6) is 0.188. The van der Waals surface area contributed by atoms with Gasteiger partial charge in [0.1, 0.15) is 17.1 Å². The fourth-order valence-electron chi connectivity index (χ4n) is 4.42. The Morgan fingerprint density at radius 3 is 2.54 bits per heavy atom. The minimum absolute atomic E-state index is 0.0224. The van der Waals surface area contributed by atoms with Crippen molar-refractivity contribution >= 4 is 22.6 Å². The summed E-state index contributed by atoms with van der Waals surface area (Å²) in [5, 5.41) is 0.108. The van der Waals surface area contributed by atoms with E-state index < -0.39 is 23.2 Å². The van der Waals surface area contributed by atoms with Crippen LogP contribution in [0.1, 0.15) is 53.6 Å². The monoisotopic (exact) mass is 471 g/mol. The molecule has 1 unspecified atom stereocenters. The predicted molar refractivity (Wildman–Crippen MR) is 134 cm³/mol.